The number of aromatic nitrogens is 3. The van der Waals surface area contributed by atoms with Crippen molar-refractivity contribution in [3.05, 3.63) is 65.7 Å². The smallest absolute Gasteiger partial charge is 0.416 e. The summed E-state index contributed by atoms with van der Waals surface area (Å²) in [6.45, 7) is 7.72. The Morgan fingerprint density at radius 3 is 2.42 bits per heavy atom. The van der Waals surface area contributed by atoms with E-state index in [-0.39, 0.29) is 12.1 Å². The largest absolute Gasteiger partial charge is 0.491 e. The highest BCUT2D eigenvalue weighted by molar-refractivity contribution is 5.76. The van der Waals surface area contributed by atoms with E-state index in [9.17, 15) is 18.0 Å². The number of urea groups is 1. The van der Waals surface area contributed by atoms with E-state index in [1.165, 1.54) is 12.1 Å². The number of aryl methyl sites for hydroxylation is 1. The van der Waals surface area contributed by atoms with Gasteiger partial charge in [0.1, 0.15) is 17.8 Å². The molecule has 2 saturated heterocycles. The Hall–Kier alpha value is -3.76. The van der Waals surface area contributed by atoms with Crippen LogP contribution in [-0.2, 0) is 12.6 Å². The molecule has 1 unspecified atom stereocenters. The second-order valence-corrected chi connectivity index (χ2v) is 10.2. The molecule has 11 heteroatoms. The molecule has 0 radical (unpaired) electrons. The van der Waals surface area contributed by atoms with Gasteiger partial charge in [0.25, 0.3) is 0 Å². The summed E-state index contributed by atoms with van der Waals surface area (Å²) < 4.78 is 46.8. The quantitative estimate of drug-likeness (QED) is 0.373. The number of nitrogens with zero attached hydrogens (tertiary/aromatic N) is 6. The summed E-state index contributed by atoms with van der Waals surface area (Å²) in [5.74, 6) is 1.51. The first-order chi connectivity index (χ1) is 19.3. The van der Waals surface area contributed by atoms with Gasteiger partial charge in [0.2, 0.25) is 0 Å². The third-order valence-electron chi connectivity index (χ3n) is 7.54. The van der Waals surface area contributed by atoms with Crippen LogP contribution in [0.25, 0.3) is 5.69 Å². The number of hydrogen-bond acceptors (Lipinski definition) is 5. The molecule has 40 heavy (non-hydrogen) atoms. The number of carbonyl (C=O) groups is 1. The Labute approximate surface area is 232 Å². The van der Waals surface area contributed by atoms with Crippen LogP contribution < -0.4 is 9.64 Å². The maximum Gasteiger partial charge on any atom is 0.416 e. The van der Waals surface area contributed by atoms with Gasteiger partial charge >= 0.3 is 12.2 Å². The van der Waals surface area contributed by atoms with Crippen molar-refractivity contribution in [3.63, 3.8) is 0 Å². The van der Waals surface area contributed by atoms with E-state index in [2.05, 4.69) is 21.9 Å². The number of halogens is 3. The van der Waals surface area contributed by atoms with Crippen LogP contribution in [0.3, 0.4) is 0 Å². The fraction of sp³-hybridized carbons (Fsp3) is 0.483. The first kappa shape index (κ1) is 27.8. The van der Waals surface area contributed by atoms with Gasteiger partial charge in [0.15, 0.2) is 5.82 Å². The molecule has 2 aromatic carbocycles. The summed E-state index contributed by atoms with van der Waals surface area (Å²) in [6.07, 6.45) is 0.536. The molecule has 1 atom stereocenters. The van der Waals surface area contributed by atoms with Crippen molar-refractivity contribution >= 4 is 11.7 Å². The number of hydrogen-bond donors (Lipinski definition) is 0. The highest BCUT2D eigenvalue weighted by Gasteiger charge is 2.35. The van der Waals surface area contributed by atoms with Crippen molar-refractivity contribution < 1.29 is 22.7 Å². The topological polar surface area (TPSA) is 66.7 Å². The minimum absolute atomic E-state index is 0.0534. The summed E-state index contributed by atoms with van der Waals surface area (Å²) in [6, 6.07) is 11.0. The molecule has 1 aromatic heterocycles. The standard InChI is InChI=1S/C29H35F3N6O2/c1-3-18-40-26-19-23(11-12-25(26)38-20-33-27(4-2)34-38)35-14-16-36(17-15-35)28(39)37-13-5-6-24(37)21-7-9-22(10-8-21)29(30,31)32/h7-12,19-20,24H,3-6,13-18H2,1-2H3. The third-order valence-corrected chi connectivity index (χ3v) is 7.54. The number of rotatable bonds is 7. The van der Waals surface area contributed by atoms with Gasteiger partial charge in [-0.2, -0.15) is 18.3 Å². The Bertz CT molecular complexity index is 1300. The van der Waals surface area contributed by atoms with E-state index < -0.39 is 11.7 Å². The molecule has 2 amide bonds. The molecule has 0 saturated carbocycles. The summed E-state index contributed by atoms with van der Waals surface area (Å²) in [5, 5.41) is 4.53. The molecule has 2 aliphatic rings. The molecule has 0 bridgehead atoms. The zero-order valence-electron chi connectivity index (χ0n) is 22.9. The Balaban J connectivity index is 1.25. The normalized spacial score (nSPS) is 17.9. The fourth-order valence-corrected chi connectivity index (χ4v) is 5.37. The monoisotopic (exact) mass is 556 g/mol. The third kappa shape index (κ3) is 5.88. The molecule has 3 aromatic rings. The van der Waals surface area contributed by atoms with Crippen LogP contribution in [0.5, 0.6) is 5.75 Å². The Morgan fingerprint density at radius 1 is 1.02 bits per heavy atom. The van der Waals surface area contributed by atoms with Crippen LogP contribution >= 0.6 is 0 Å². The van der Waals surface area contributed by atoms with Crippen LogP contribution in [0.1, 0.15) is 56.1 Å². The lowest BCUT2D eigenvalue weighted by Gasteiger charge is -2.39. The van der Waals surface area contributed by atoms with Gasteiger partial charge in [-0.3, -0.25) is 0 Å². The van der Waals surface area contributed by atoms with Crippen molar-refractivity contribution in [2.75, 3.05) is 44.2 Å². The first-order valence-corrected chi connectivity index (χ1v) is 13.9. The van der Waals surface area contributed by atoms with Crippen molar-refractivity contribution in [1.82, 2.24) is 24.6 Å². The van der Waals surface area contributed by atoms with Crippen LogP contribution in [0.2, 0.25) is 0 Å². The molecule has 0 aliphatic carbocycles. The van der Waals surface area contributed by atoms with Gasteiger partial charge < -0.3 is 19.4 Å². The van der Waals surface area contributed by atoms with E-state index in [4.69, 9.17) is 4.74 Å². The van der Waals surface area contributed by atoms with Crippen molar-refractivity contribution in [2.24, 2.45) is 0 Å². The average Bonchev–Trinajstić information content (AvgIpc) is 3.66. The molecule has 3 heterocycles. The molecule has 0 spiro atoms. The maximum atomic E-state index is 13.5. The van der Waals surface area contributed by atoms with E-state index in [0.717, 1.165) is 66.3 Å². The highest BCUT2D eigenvalue weighted by atomic mass is 19.4. The SMILES string of the molecule is CCCOc1cc(N2CCN(C(=O)N3CCCC3c3ccc(C(F)(F)F)cc3)CC2)ccc1-n1cnc(CC)n1. The van der Waals surface area contributed by atoms with E-state index in [1.54, 1.807) is 11.0 Å². The molecule has 2 fully saturated rings. The number of benzene rings is 2. The number of anilines is 1. The van der Waals surface area contributed by atoms with Crippen LogP contribution in [-0.4, -0.2) is 69.9 Å². The minimum Gasteiger partial charge on any atom is -0.491 e. The zero-order chi connectivity index (χ0) is 28.3. The van der Waals surface area contributed by atoms with E-state index in [1.807, 2.05) is 34.9 Å². The molecule has 0 N–H and O–H groups in total. The first-order valence-electron chi connectivity index (χ1n) is 13.9. The molecule has 5 rings (SSSR count). The predicted octanol–water partition coefficient (Wildman–Crippen LogP) is 5.72. The molecular formula is C29H35F3N6O2. The average molecular weight is 557 g/mol. The van der Waals surface area contributed by atoms with E-state index >= 15 is 0 Å². The summed E-state index contributed by atoms with van der Waals surface area (Å²) in [5.41, 5.74) is 1.92. The van der Waals surface area contributed by atoms with Gasteiger partial charge in [-0.05, 0) is 49.1 Å². The van der Waals surface area contributed by atoms with Crippen molar-refractivity contribution in [1.29, 1.82) is 0 Å². The molecule has 2 aliphatic heterocycles. The number of alkyl halides is 3. The van der Waals surface area contributed by atoms with Gasteiger partial charge in [-0.1, -0.05) is 26.0 Å². The Morgan fingerprint density at radius 2 is 1.77 bits per heavy atom. The Kier molecular flexibility index (Phi) is 8.18. The number of amides is 2. The summed E-state index contributed by atoms with van der Waals surface area (Å²) in [4.78, 5) is 23.7. The molecule has 214 valence electrons. The summed E-state index contributed by atoms with van der Waals surface area (Å²) >= 11 is 0. The maximum absolute atomic E-state index is 13.5. The number of carbonyl (C=O) groups excluding carboxylic acids is 1. The lowest BCUT2D eigenvalue weighted by atomic mass is 10.0. The van der Waals surface area contributed by atoms with Gasteiger partial charge in [-0.15, -0.1) is 0 Å². The lowest BCUT2D eigenvalue weighted by molar-refractivity contribution is -0.137. The zero-order valence-corrected chi connectivity index (χ0v) is 22.9. The van der Waals surface area contributed by atoms with Gasteiger partial charge in [0.05, 0.1) is 18.2 Å². The molecular weight excluding hydrogens is 521 g/mol. The number of ether oxygens (including phenoxy) is 1. The second-order valence-electron chi connectivity index (χ2n) is 10.2. The second kappa shape index (κ2) is 11.8. The van der Waals surface area contributed by atoms with Gasteiger partial charge in [-0.25, -0.2) is 14.5 Å². The minimum atomic E-state index is -4.37. The lowest BCUT2D eigenvalue weighted by Crippen LogP contribution is -2.52. The summed E-state index contributed by atoms with van der Waals surface area (Å²) in [7, 11) is 0. The highest BCUT2D eigenvalue weighted by Crippen LogP contribution is 2.36. The predicted molar refractivity (Wildman–Crippen MR) is 146 cm³/mol. The number of likely N-dealkylation sites (tertiary alicyclic amines) is 1. The molecule has 8 nitrogen and oxygen atoms in total. The van der Waals surface area contributed by atoms with Crippen LogP contribution in [0.15, 0.2) is 48.8 Å². The van der Waals surface area contributed by atoms with Crippen LogP contribution in [0.4, 0.5) is 23.7 Å². The van der Waals surface area contributed by atoms with Gasteiger partial charge in [0, 0.05) is 50.9 Å². The van der Waals surface area contributed by atoms with E-state index in [0.29, 0.717) is 39.3 Å². The van der Waals surface area contributed by atoms with Crippen molar-refractivity contribution in [3.8, 4) is 11.4 Å². The van der Waals surface area contributed by atoms with Crippen molar-refractivity contribution in [2.45, 2.75) is 51.7 Å². The fourth-order valence-electron chi connectivity index (χ4n) is 5.37. The number of piperazine rings is 1. The van der Waals surface area contributed by atoms with Crippen LogP contribution in [0, 0.1) is 0 Å².